The van der Waals surface area contributed by atoms with Gasteiger partial charge in [-0.05, 0) is 24.6 Å². The van der Waals surface area contributed by atoms with Gasteiger partial charge in [0.05, 0.1) is 6.42 Å². The molecule has 0 aliphatic carbocycles. The second kappa shape index (κ2) is 4.29. The Hall–Kier alpha value is -1.29. The maximum Gasteiger partial charge on any atom is 0.307 e. The molecule has 1 aromatic carbocycles. The number of aryl methyl sites for hydroxylation is 1. The normalized spacial score (nSPS) is 10.9. The second-order valence-corrected chi connectivity index (χ2v) is 4.59. The fraction of sp³-hybridized carbons (Fsp3) is 0.250. The van der Waals surface area contributed by atoms with Gasteiger partial charge in [-0.2, -0.15) is 0 Å². The van der Waals surface area contributed by atoms with E-state index >= 15 is 0 Å². The number of fused-ring (bicyclic) bond motifs is 1. The molecule has 4 heteroatoms. The van der Waals surface area contributed by atoms with E-state index in [1.165, 1.54) is 0 Å². The van der Waals surface area contributed by atoms with E-state index in [1.54, 1.807) is 0 Å². The first-order valence-corrected chi connectivity index (χ1v) is 5.90. The number of aromatic nitrogens is 1. The third-order valence-corrected chi connectivity index (χ3v) is 3.10. The van der Waals surface area contributed by atoms with Crippen LogP contribution in [0, 0.1) is 0 Å². The van der Waals surface area contributed by atoms with Crippen molar-refractivity contribution in [3.8, 4) is 0 Å². The molecule has 1 heterocycles. The first kappa shape index (κ1) is 11.2. The zero-order valence-corrected chi connectivity index (χ0v) is 10.5. The van der Waals surface area contributed by atoms with Gasteiger partial charge < -0.3 is 9.67 Å². The van der Waals surface area contributed by atoms with Crippen molar-refractivity contribution in [3.05, 3.63) is 34.4 Å². The van der Waals surface area contributed by atoms with Crippen molar-refractivity contribution < 1.29 is 9.90 Å². The molecule has 0 saturated heterocycles. The highest BCUT2D eigenvalue weighted by Gasteiger charge is 2.10. The fourth-order valence-corrected chi connectivity index (χ4v) is 2.26. The molecule has 0 bridgehead atoms. The molecule has 0 aliphatic rings. The summed E-state index contributed by atoms with van der Waals surface area (Å²) in [4.78, 5) is 10.8. The van der Waals surface area contributed by atoms with Gasteiger partial charge in [0.15, 0.2) is 0 Å². The molecule has 0 fully saturated rings. The Bertz CT molecular complexity index is 545. The van der Waals surface area contributed by atoms with E-state index in [4.69, 9.17) is 5.11 Å². The van der Waals surface area contributed by atoms with E-state index in [9.17, 15) is 4.79 Å². The lowest BCUT2D eigenvalue weighted by atomic mass is 10.1. The van der Waals surface area contributed by atoms with Crippen molar-refractivity contribution in [1.29, 1.82) is 0 Å². The number of carboxylic acids is 1. The number of nitrogens with zero attached hydrogens (tertiary/aromatic N) is 1. The molecule has 0 amide bonds. The SMILES string of the molecule is CCn1cc(CC(=O)O)c2ccc(Br)cc21. The Balaban J connectivity index is 2.63. The summed E-state index contributed by atoms with van der Waals surface area (Å²) in [6.45, 7) is 2.89. The lowest BCUT2D eigenvalue weighted by Crippen LogP contribution is -1.99. The summed E-state index contributed by atoms with van der Waals surface area (Å²) in [5.74, 6) is -0.793. The van der Waals surface area contributed by atoms with Crippen molar-refractivity contribution in [2.75, 3.05) is 0 Å². The Morgan fingerprint density at radius 3 is 2.88 bits per heavy atom. The van der Waals surface area contributed by atoms with Crippen molar-refractivity contribution >= 4 is 32.8 Å². The van der Waals surface area contributed by atoms with Crippen LogP contribution >= 0.6 is 15.9 Å². The molecule has 0 aliphatic heterocycles. The lowest BCUT2D eigenvalue weighted by molar-refractivity contribution is -0.136. The van der Waals surface area contributed by atoms with E-state index in [2.05, 4.69) is 20.5 Å². The smallest absolute Gasteiger partial charge is 0.307 e. The molecular formula is C12H12BrNO2. The molecule has 0 unspecified atom stereocenters. The predicted octanol–water partition coefficient (Wildman–Crippen LogP) is 3.05. The summed E-state index contributed by atoms with van der Waals surface area (Å²) in [5, 5.41) is 9.87. The highest BCUT2D eigenvalue weighted by Crippen LogP contribution is 2.25. The Morgan fingerprint density at radius 2 is 2.25 bits per heavy atom. The van der Waals surface area contributed by atoms with Crippen LogP contribution in [0.5, 0.6) is 0 Å². The predicted molar refractivity (Wildman–Crippen MR) is 66.7 cm³/mol. The van der Waals surface area contributed by atoms with E-state index < -0.39 is 5.97 Å². The molecule has 2 rings (SSSR count). The van der Waals surface area contributed by atoms with Gasteiger partial charge in [0.2, 0.25) is 0 Å². The number of carboxylic acid groups (broad SMARTS) is 1. The highest BCUT2D eigenvalue weighted by molar-refractivity contribution is 9.10. The summed E-state index contributed by atoms with van der Waals surface area (Å²) >= 11 is 3.43. The Morgan fingerprint density at radius 1 is 1.50 bits per heavy atom. The van der Waals surface area contributed by atoms with Gasteiger partial charge in [0.1, 0.15) is 0 Å². The summed E-state index contributed by atoms with van der Waals surface area (Å²) in [6, 6.07) is 5.92. The third-order valence-electron chi connectivity index (χ3n) is 2.61. The average molecular weight is 282 g/mol. The van der Waals surface area contributed by atoms with Crippen molar-refractivity contribution in [2.45, 2.75) is 19.9 Å². The lowest BCUT2D eigenvalue weighted by Gasteiger charge is -1.99. The van der Waals surface area contributed by atoms with Crippen LogP contribution in [0.1, 0.15) is 12.5 Å². The van der Waals surface area contributed by atoms with Crippen molar-refractivity contribution in [3.63, 3.8) is 0 Å². The minimum absolute atomic E-state index is 0.0745. The maximum atomic E-state index is 10.8. The van der Waals surface area contributed by atoms with E-state index in [-0.39, 0.29) is 6.42 Å². The molecule has 0 spiro atoms. The van der Waals surface area contributed by atoms with E-state index in [1.807, 2.05) is 31.3 Å². The average Bonchev–Trinajstić information content (AvgIpc) is 2.55. The van der Waals surface area contributed by atoms with Crippen LogP contribution in [0.3, 0.4) is 0 Å². The number of hydrogen-bond acceptors (Lipinski definition) is 1. The fourth-order valence-electron chi connectivity index (χ4n) is 1.91. The van der Waals surface area contributed by atoms with Crippen LogP contribution in [-0.4, -0.2) is 15.6 Å². The molecule has 16 heavy (non-hydrogen) atoms. The quantitative estimate of drug-likeness (QED) is 0.940. The minimum atomic E-state index is -0.793. The summed E-state index contributed by atoms with van der Waals surface area (Å²) in [5.41, 5.74) is 1.95. The van der Waals surface area contributed by atoms with Gasteiger partial charge >= 0.3 is 5.97 Å². The Kier molecular flexibility index (Phi) is 3.01. The first-order chi connectivity index (χ1) is 7.61. The van der Waals surface area contributed by atoms with Crippen LogP contribution in [0.2, 0.25) is 0 Å². The van der Waals surface area contributed by atoms with Gasteiger partial charge in [0, 0.05) is 28.1 Å². The molecule has 0 radical (unpaired) electrons. The van der Waals surface area contributed by atoms with Crippen LogP contribution in [0.15, 0.2) is 28.9 Å². The summed E-state index contributed by atoms with van der Waals surface area (Å²) < 4.78 is 3.08. The number of benzene rings is 1. The number of aliphatic carboxylic acids is 1. The second-order valence-electron chi connectivity index (χ2n) is 3.67. The van der Waals surface area contributed by atoms with Crippen LogP contribution in [-0.2, 0) is 17.8 Å². The number of carbonyl (C=O) groups is 1. The van der Waals surface area contributed by atoms with Gasteiger partial charge in [-0.25, -0.2) is 0 Å². The van der Waals surface area contributed by atoms with Crippen molar-refractivity contribution in [2.24, 2.45) is 0 Å². The largest absolute Gasteiger partial charge is 0.481 e. The monoisotopic (exact) mass is 281 g/mol. The third kappa shape index (κ3) is 1.97. The van der Waals surface area contributed by atoms with Crippen molar-refractivity contribution in [1.82, 2.24) is 4.57 Å². The molecule has 2 aromatic rings. The maximum absolute atomic E-state index is 10.8. The first-order valence-electron chi connectivity index (χ1n) is 5.11. The molecule has 0 atom stereocenters. The zero-order valence-electron chi connectivity index (χ0n) is 8.90. The summed E-state index contributed by atoms with van der Waals surface area (Å²) in [7, 11) is 0. The number of rotatable bonds is 3. The van der Waals surface area contributed by atoms with Crippen LogP contribution < -0.4 is 0 Å². The van der Waals surface area contributed by atoms with E-state index in [0.717, 1.165) is 27.5 Å². The zero-order chi connectivity index (χ0) is 11.7. The molecule has 1 N–H and O–H groups in total. The highest BCUT2D eigenvalue weighted by atomic mass is 79.9. The number of hydrogen-bond donors (Lipinski definition) is 1. The van der Waals surface area contributed by atoms with Crippen LogP contribution in [0.4, 0.5) is 0 Å². The van der Waals surface area contributed by atoms with Gasteiger partial charge in [-0.1, -0.05) is 22.0 Å². The molecule has 1 aromatic heterocycles. The molecule has 0 saturated carbocycles. The van der Waals surface area contributed by atoms with Gasteiger partial charge in [-0.15, -0.1) is 0 Å². The standard InChI is InChI=1S/C12H12BrNO2/c1-2-14-7-8(5-12(15)16)10-4-3-9(13)6-11(10)14/h3-4,6-7H,2,5H2,1H3,(H,15,16). The Labute approximate surface area is 102 Å². The van der Waals surface area contributed by atoms with Crippen LogP contribution in [0.25, 0.3) is 10.9 Å². The molecule has 84 valence electrons. The molecule has 3 nitrogen and oxygen atoms in total. The molecular weight excluding hydrogens is 270 g/mol. The van der Waals surface area contributed by atoms with Gasteiger partial charge in [-0.3, -0.25) is 4.79 Å². The summed E-state index contributed by atoms with van der Waals surface area (Å²) in [6.07, 6.45) is 2.00. The van der Waals surface area contributed by atoms with Gasteiger partial charge in [0.25, 0.3) is 0 Å². The minimum Gasteiger partial charge on any atom is -0.481 e. The number of halogens is 1. The van der Waals surface area contributed by atoms with E-state index in [0.29, 0.717) is 0 Å². The topological polar surface area (TPSA) is 42.2 Å².